The summed E-state index contributed by atoms with van der Waals surface area (Å²) < 4.78 is 13.0. The van der Waals surface area contributed by atoms with E-state index in [1.807, 2.05) is 19.9 Å². The van der Waals surface area contributed by atoms with Crippen LogP contribution in [0.3, 0.4) is 0 Å². The molecule has 0 spiro atoms. The van der Waals surface area contributed by atoms with E-state index >= 15 is 0 Å². The molecule has 0 aromatic heterocycles. The van der Waals surface area contributed by atoms with Crippen molar-refractivity contribution >= 4 is 0 Å². The molecular weight excluding hydrogens is 271 g/mol. The van der Waals surface area contributed by atoms with Crippen LogP contribution in [0.2, 0.25) is 0 Å². The molecule has 0 heterocycles. The van der Waals surface area contributed by atoms with Gasteiger partial charge in [-0.15, -0.1) is 0 Å². The van der Waals surface area contributed by atoms with Gasteiger partial charge in [0.05, 0.1) is 0 Å². The third-order valence-electron chi connectivity index (χ3n) is 4.48. The first-order valence-electron chi connectivity index (χ1n) is 9.33. The van der Waals surface area contributed by atoms with Crippen LogP contribution in [0.15, 0.2) is 23.6 Å². The minimum absolute atomic E-state index is 0.0384. The Balaban J connectivity index is 0.00000211. The van der Waals surface area contributed by atoms with E-state index in [-0.39, 0.29) is 5.83 Å². The first kappa shape index (κ1) is 21.4. The number of halogens is 1. The predicted octanol–water partition coefficient (Wildman–Crippen LogP) is 7.86. The highest BCUT2D eigenvalue weighted by molar-refractivity contribution is 5.22. The van der Waals surface area contributed by atoms with Crippen LogP contribution in [0.4, 0.5) is 4.39 Å². The Kier molecular flexibility index (Phi) is 10.7. The third-order valence-corrected chi connectivity index (χ3v) is 4.48. The van der Waals surface area contributed by atoms with Gasteiger partial charge in [-0.2, -0.15) is 0 Å². The first-order chi connectivity index (χ1) is 10.3. The van der Waals surface area contributed by atoms with E-state index in [9.17, 15) is 4.39 Å². The fourth-order valence-electron chi connectivity index (χ4n) is 2.88. The summed E-state index contributed by atoms with van der Waals surface area (Å²) in [5.74, 6) is 1.47. The average molecular weight is 311 g/mol. The molecule has 0 aromatic carbocycles. The molecule has 0 aromatic rings. The predicted molar refractivity (Wildman–Crippen MR) is 98.7 cm³/mol. The number of rotatable bonds is 7. The van der Waals surface area contributed by atoms with Gasteiger partial charge in [0.15, 0.2) is 0 Å². The molecule has 0 saturated heterocycles. The second kappa shape index (κ2) is 11.0. The Labute approximate surface area is 139 Å². The lowest BCUT2D eigenvalue weighted by Crippen LogP contribution is -2.07. The van der Waals surface area contributed by atoms with Crippen LogP contribution in [0, 0.1) is 17.3 Å². The fraction of sp³-hybridized carbons (Fsp3) is 0.810. The van der Waals surface area contributed by atoms with Gasteiger partial charge in [0.25, 0.3) is 0 Å². The molecule has 0 aliphatic heterocycles. The smallest absolute Gasteiger partial charge is 0.100 e. The maximum atomic E-state index is 13.0. The van der Waals surface area contributed by atoms with E-state index in [4.69, 9.17) is 0 Å². The van der Waals surface area contributed by atoms with Crippen LogP contribution < -0.4 is 0 Å². The molecule has 2 unspecified atom stereocenters. The highest BCUT2D eigenvalue weighted by Gasteiger charge is 2.15. The van der Waals surface area contributed by atoms with Crippen LogP contribution in [-0.4, -0.2) is 0 Å². The Morgan fingerprint density at radius 2 is 1.64 bits per heavy atom. The SMILES string of the molecule is CC.CC(CCCC(C)(C)C)CCC(C)C1=CC=C(F)CC1. The van der Waals surface area contributed by atoms with Crippen molar-refractivity contribution in [2.24, 2.45) is 17.3 Å². The molecule has 0 nitrogen and oxygen atoms in total. The lowest BCUT2D eigenvalue weighted by molar-refractivity contribution is 0.332. The number of hydrogen-bond donors (Lipinski definition) is 0. The summed E-state index contributed by atoms with van der Waals surface area (Å²) in [6, 6.07) is 0. The van der Waals surface area contributed by atoms with Gasteiger partial charge in [0.1, 0.15) is 5.83 Å². The van der Waals surface area contributed by atoms with Crippen molar-refractivity contribution in [3.05, 3.63) is 23.6 Å². The topological polar surface area (TPSA) is 0 Å². The quantitative estimate of drug-likeness (QED) is 0.449. The largest absolute Gasteiger partial charge is 0.212 e. The van der Waals surface area contributed by atoms with Crippen molar-refractivity contribution in [1.29, 1.82) is 0 Å². The molecule has 130 valence electrons. The summed E-state index contributed by atoms with van der Waals surface area (Å²) in [4.78, 5) is 0. The standard InChI is InChI=1S/C19H33F.C2H6/c1-15(7-6-14-19(3,4)5)8-9-16(2)17-10-12-18(20)13-11-17;1-2/h10,12,15-16H,6-9,11,13-14H2,1-5H3;1-2H3. The van der Waals surface area contributed by atoms with Crippen LogP contribution in [0.5, 0.6) is 0 Å². The number of allylic oxidation sites excluding steroid dienone is 4. The molecule has 2 atom stereocenters. The highest BCUT2D eigenvalue weighted by Crippen LogP contribution is 2.30. The van der Waals surface area contributed by atoms with Gasteiger partial charge in [0.2, 0.25) is 0 Å². The lowest BCUT2D eigenvalue weighted by Gasteiger charge is -2.21. The van der Waals surface area contributed by atoms with E-state index in [0.717, 1.165) is 12.3 Å². The van der Waals surface area contributed by atoms with Crippen LogP contribution >= 0.6 is 0 Å². The van der Waals surface area contributed by atoms with Gasteiger partial charge in [0, 0.05) is 6.42 Å². The molecule has 1 rings (SSSR count). The summed E-state index contributed by atoms with van der Waals surface area (Å²) in [6.45, 7) is 15.6. The van der Waals surface area contributed by atoms with Crippen molar-refractivity contribution in [2.75, 3.05) is 0 Å². The summed E-state index contributed by atoms with van der Waals surface area (Å²) >= 11 is 0. The van der Waals surface area contributed by atoms with E-state index in [2.05, 4.69) is 34.6 Å². The Hall–Kier alpha value is -0.590. The van der Waals surface area contributed by atoms with Gasteiger partial charge in [-0.25, -0.2) is 4.39 Å². The molecule has 0 bridgehead atoms. The summed E-state index contributed by atoms with van der Waals surface area (Å²) in [7, 11) is 0. The maximum Gasteiger partial charge on any atom is 0.100 e. The van der Waals surface area contributed by atoms with Crippen LogP contribution in [-0.2, 0) is 0 Å². The van der Waals surface area contributed by atoms with Gasteiger partial charge in [-0.05, 0) is 42.6 Å². The van der Waals surface area contributed by atoms with Crippen molar-refractivity contribution in [3.63, 3.8) is 0 Å². The summed E-state index contributed by atoms with van der Waals surface area (Å²) in [6.07, 6.45) is 11.7. The van der Waals surface area contributed by atoms with Crippen molar-refractivity contribution in [1.82, 2.24) is 0 Å². The molecule has 1 aliphatic carbocycles. The normalized spacial score (nSPS) is 17.8. The Morgan fingerprint density at radius 1 is 1.00 bits per heavy atom. The zero-order valence-corrected chi connectivity index (χ0v) is 16.1. The summed E-state index contributed by atoms with van der Waals surface area (Å²) in [5.41, 5.74) is 1.91. The zero-order chi connectivity index (χ0) is 17.2. The second-order valence-electron chi connectivity index (χ2n) is 7.89. The van der Waals surface area contributed by atoms with E-state index in [1.54, 1.807) is 6.08 Å². The molecule has 22 heavy (non-hydrogen) atoms. The van der Waals surface area contributed by atoms with Crippen molar-refractivity contribution in [2.45, 2.75) is 93.4 Å². The maximum absolute atomic E-state index is 13.0. The lowest BCUT2D eigenvalue weighted by atomic mass is 9.84. The second-order valence-corrected chi connectivity index (χ2v) is 7.89. The zero-order valence-electron chi connectivity index (χ0n) is 16.1. The molecule has 1 aliphatic rings. The van der Waals surface area contributed by atoms with Gasteiger partial charge < -0.3 is 0 Å². The summed E-state index contributed by atoms with van der Waals surface area (Å²) in [5, 5.41) is 0. The minimum atomic E-state index is 0.0384. The van der Waals surface area contributed by atoms with Gasteiger partial charge in [-0.3, -0.25) is 0 Å². The van der Waals surface area contributed by atoms with Gasteiger partial charge in [-0.1, -0.05) is 79.4 Å². The molecule has 0 N–H and O–H groups in total. The molecule has 0 fully saturated rings. The molecule has 0 saturated carbocycles. The monoisotopic (exact) mass is 310 g/mol. The minimum Gasteiger partial charge on any atom is -0.212 e. The molecular formula is C21H39F. The van der Waals surface area contributed by atoms with Crippen molar-refractivity contribution < 1.29 is 4.39 Å². The van der Waals surface area contributed by atoms with Crippen molar-refractivity contribution in [3.8, 4) is 0 Å². The van der Waals surface area contributed by atoms with Crippen LogP contribution in [0.1, 0.15) is 93.4 Å². The van der Waals surface area contributed by atoms with E-state index in [0.29, 0.717) is 17.8 Å². The Morgan fingerprint density at radius 3 is 2.14 bits per heavy atom. The van der Waals surface area contributed by atoms with E-state index in [1.165, 1.54) is 37.7 Å². The molecule has 1 heteroatoms. The van der Waals surface area contributed by atoms with Gasteiger partial charge >= 0.3 is 0 Å². The first-order valence-corrected chi connectivity index (χ1v) is 9.33. The Bertz CT molecular complexity index is 343. The van der Waals surface area contributed by atoms with Crippen LogP contribution in [0.25, 0.3) is 0 Å². The fourth-order valence-corrected chi connectivity index (χ4v) is 2.88. The molecule has 0 radical (unpaired) electrons. The average Bonchev–Trinajstić information content (AvgIpc) is 2.46. The van der Waals surface area contributed by atoms with E-state index < -0.39 is 0 Å². The third kappa shape index (κ3) is 10.2. The number of hydrogen-bond acceptors (Lipinski definition) is 0. The highest BCUT2D eigenvalue weighted by atomic mass is 19.1. The molecule has 0 amide bonds.